The Morgan fingerprint density at radius 2 is 1.74 bits per heavy atom. The van der Waals surface area contributed by atoms with Crippen molar-refractivity contribution in [3.63, 3.8) is 0 Å². The number of nitrogens with zero attached hydrogens (tertiary/aromatic N) is 2. The molecule has 4 N–H and O–H groups in total. The predicted molar refractivity (Wildman–Crippen MR) is 124 cm³/mol. The van der Waals surface area contributed by atoms with E-state index in [2.05, 4.69) is 69.2 Å². The summed E-state index contributed by atoms with van der Waals surface area (Å²) in [5.74, 6) is 0.371. The van der Waals surface area contributed by atoms with Crippen molar-refractivity contribution in [1.29, 1.82) is 0 Å². The van der Waals surface area contributed by atoms with E-state index >= 15 is 0 Å². The summed E-state index contributed by atoms with van der Waals surface area (Å²) in [6.07, 6.45) is 0. The topological polar surface area (TPSA) is 94.6 Å². The Kier molecular flexibility index (Phi) is 6.60. The molecule has 0 fully saturated rings. The van der Waals surface area contributed by atoms with E-state index in [9.17, 15) is 9.59 Å². The first-order valence-corrected chi connectivity index (χ1v) is 10.8. The van der Waals surface area contributed by atoms with Crippen LogP contribution in [0.3, 0.4) is 0 Å². The number of hydrogen-bond donors (Lipinski definition) is 2. The average molecular weight is 422 g/mol. The molecule has 2 aromatic carbocycles. The molecule has 1 amide bonds. The third-order valence-electron chi connectivity index (χ3n) is 5.69. The summed E-state index contributed by atoms with van der Waals surface area (Å²) in [6.45, 7) is 11.3. The molecule has 0 aliphatic heterocycles. The molecular formula is C25H33N4O2+. The molecule has 6 nitrogen and oxygen atoms in total. The van der Waals surface area contributed by atoms with Gasteiger partial charge in [-0.25, -0.2) is 4.98 Å². The van der Waals surface area contributed by atoms with Crippen molar-refractivity contribution in [1.82, 2.24) is 9.55 Å². The Balaban J connectivity index is 1.93. The Labute approximate surface area is 183 Å². The van der Waals surface area contributed by atoms with E-state index in [-0.39, 0.29) is 23.6 Å². The van der Waals surface area contributed by atoms with Crippen LogP contribution < -0.4 is 16.6 Å². The van der Waals surface area contributed by atoms with Crippen molar-refractivity contribution in [2.45, 2.75) is 59.2 Å². The normalized spacial score (nSPS) is 13.0. The zero-order chi connectivity index (χ0) is 22.8. The highest BCUT2D eigenvalue weighted by atomic mass is 16.2. The Bertz CT molecular complexity index is 1120. The lowest BCUT2D eigenvalue weighted by Crippen LogP contribution is -2.85. The first-order chi connectivity index (χ1) is 14.6. The number of rotatable bonds is 7. The largest absolute Gasteiger partial charge is 0.368 e. The van der Waals surface area contributed by atoms with Crippen LogP contribution >= 0.6 is 0 Å². The van der Waals surface area contributed by atoms with Gasteiger partial charge in [0.25, 0.3) is 5.56 Å². The molecule has 31 heavy (non-hydrogen) atoms. The van der Waals surface area contributed by atoms with Crippen LogP contribution in [0.5, 0.6) is 0 Å². The number of hydrogen-bond acceptors (Lipinski definition) is 3. The molecule has 164 valence electrons. The van der Waals surface area contributed by atoms with Gasteiger partial charge in [0.05, 0.1) is 10.9 Å². The van der Waals surface area contributed by atoms with Gasteiger partial charge in [-0.3, -0.25) is 14.2 Å². The first kappa shape index (κ1) is 22.7. The van der Waals surface area contributed by atoms with Crippen molar-refractivity contribution >= 4 is 16.8 Å². The molecule has 0 aliphatic carbocycles. The molecule has 0 aliphatic rings. The Morgan fingerprint density at radius 1 is 1.10 bits per heavy atom. The van der Waals surface area contributed by atoms with Gasteiger partial charge in [-0.2, -0.15) is 0 Å². The third-order valence-corrected chi connectivity index (χ3v) is 5.69. The number of fused-ring (bicyclic) bond motifs is 1. The zero-order valence-electron chi connectivity index (χ0n) is 19.1. The summed E-state index contributed by atoms with van der Waals surface area (Å²) < 4.78 is 1.40. The number of carbonyl (C=O) groups is 1. The van der Waals surface area contributed by atoms with Crippen LogP contribution in [0.15, 0.2) is 53.3 Å². The van der Waals surface area contributed by atoms with Crippen molar-refractivity contribution in [2.75, 3.05) is 0 Å². The molecule has 1 aromatic heterocycles. The molecular weight excluding hydrogens is 388 g/mol. The zero-order valence-corrected chi connectivity index (χ0v) is 19.1. The van der Waals surface area contributed by atoms with Crippen LogP contribution in [0.25, 0.3) is 10.9 Å². The summed E-state index contributed by atoms with van der Waals surface area (Å²) in [7, 11) is 0. The van der Waals surface area contributed by atoms with E-state index in [0.717, 1.165) is 0 Å². The lowest BCUT2D eigenvalue weighted by molar-refractivity contribution is -0.718. The van der Waals surface area contributed by atoms with Crippen LogP contribution in [-0.4, -0.2) is 15.5 Å². The van der Waals surface area contributed by atoms with E-state index in [0.29, 0.717) is 29.2 Å². The monoisotopic (exact) mass is 421 g/mol. The minimum atomic E-state index is -0.557. The average Bonchev–Trinajstić information content (AvgIpc) is 2.70. The highest BCUT2D eigenvalue weighted by Crippen LogP contribution is 2.25. The van der Waals surface area contributed by atoms with Crippen molar-refractivity contribution in [3.05, 3.63) is 75.8 Å². The minimum Gasteiger partial charge on any atom is -0.368 e. The summed E-state index contributed by atoms with van der Waals surface area (Å²) in [5.41, 5.74) is 8.45. The second-order valence-electron chi connectivity index (χ2n) is 9.48. The Hall–Kier alpha value is -2.99. The van der Waals surface area contributed by atoms with Gasteiger partial charge in [-0.1, -0.05) is 71.0 Å². The maximum Gasteiger partial charge on any atom is 0.262 e. The second-order valence-corrected chi connectivity index (χ2v) is 9.48. The summed E-state index contributed by atoms with van der Waals surface area (Å²) >= 11 is 0. The molecule has 0 radical (unpaired) electrons. The minimum absolute atomic E-state index is 0.107. The van der Waals surface area contributed by atoms with Crippen LogP contribution in [0, 0.1) is 5.92 Å². The molecule has 3 aromatic rings. The van der Waals surface area contributed by atoms with Crippen molar-refractivity contribution < 1.29 is 10.1 Å². The van der Waals surface area contributed by atoms with Gasteiger partial charge in [0, 0.05) is 11.5 Å². The predicted octanol–water partition coefficient (Wildman–Crippen LogP) is 2.64. The van der Waals surface area contributed by atoms with Crippen molar-refractivity contribution in [3.8, 4) is 0 Å². The maximum atomic E-state index is 13.0. The van der Waals surface area contributed by atoms with Gasteiger partial charge in [0.1, 0.15) is 19.1 Å². The number of para-hydroxylation sites is 1. The van der Waals surface area contributed by atoms with Gasteiger partial charge in [-0.05, 0) is 23.1 Å². The summed E-state index contributed by atoms with van der Waals surface area (Å²) in [4.78, 5) is 29.3. The van der Waals surface area contributed by atoms with Crippen LogP contribution in [0.2, 0.25) is 0 Å². The fourth-order valence-electron chi connectivity index (χ4n) is 3.92. The number of benzene rings is 2. The molecule has 6 heteroatoms. The molecule has 3 rings (SSSR count). The standard InChI is InChI=1S/C25H32N4O2/c1-16(2)23(17-10-12-18(13-11-17)25(3,4)5)27-14-22-28-20-9-7-6-8-19(20)24(31)29(22)15-21(26)30/h6-13,16,23,27H,14-15H2,1-5H3,(H2,26,30)/p+1/t23-/m1/s1. The van der Waals surface area contributed by atoms with Gasteiger partial charge >= 0.3 is 0 Å². The fraction of sp³-hybridized carbons (Fsp3) is 0.400. The van der Waals surface area contributed by atoms with Gasteiger partial charge < -0.3 is 11.1 Å². The number of carbonyl (C=O) groups excluding carboxylic acids is 1. The molecule has 0 saturated heterocycles. The first-order valence-electron chi connectivity index (χ1n) is 10.8. The molecule has 1 heterocycles. The third kappa shape index (κ3) is 5.20. The number of quaternary nitrogens is 1. The number of nitrogens with two attached hydrogens (primary N) is 2. The molecule has 0 spiro atoms. The Morgan fingerprint density at radius 3 is 2.32 bits per heavy atom. The number of primary amides is 1. The van der Waals surface area contributed by atoms with Gasteiger partial charge in [-0.15, -0.1) is 0 Å². The van der Waals surface area contributed by atoms with Gasteiger partial charge in [0.15, 0.2) is 5.82 Å². The highest BCUT2D eigenvalue weighted by Gasteiger charge is 2.22. The number of aromatic nitrogens is 2. The van der Waals surface area contributed by atoms with Crippen LogP contribution in [0.4, 0.5) is 0 Å². The molecule has 1 atom stereocenters. The fourth-order valence-corrected chi connectivity index (χ4v) is 3.92. The summed E-state index contributed by atoms with van der Waals surface area (Å²) in [5, 5.41) is 2.68. The van der Waals surface area contributed by atoms with E-state index in [1.54, 1.807) is 12.1 Å². The summed E-state index contributed by atoms with van der Waals surface area (Å²) in [6, 6.07) is 16.1. The van der Waals surface area contributed by atoms with Crippen molar-refractivity contribution in [2.24, 2.45) is 11.7 Å². The molecule has 0 saturated carbocycles. The van der Waals surface area contributed by atoms with E-state index in [1.807, 2.05) is 12.1 Å². The van der Waals surface area contributed by atoms with Crippen LogP contribution in [0.1, 0.15) is 57.6 Å². The lowest BCUT2D eigenvalue weighted by atomic mass is 9.85. The second kappa shape index (κ2) is 9.02. The lowest BCUT2D eigenvalue weighted by Gasteiger charge is -2.23. The smallest absolute Gasteiger partial charge is 0.262 e. The number of amides is 1. The maximum absolute atomic E-state index is 13.0. The quantitative estimate of drug-likeness (QED) is 0.614. The SMILES string of the molecule is CC(C)[C@@H]([NH2+]Cc1nc2ccccc2c(=O)n1CC(N)=O)c1ccc(C(C)(C)C)cc1. The van der Waals surface area contributed by atoms with Gasteiger partial charge in [0.2, 0.25) is 5.91 Å². The molecule has 0 bridgehead atoms. The van der Waals surface area contributed by atoms with E-state index < -0.39 is 5.91 Å². The van der Waals surface area contributed by atoms with E-state index in [4.69, 9.17) is 5.73 Å². The highest BCUT2D eigenvalue weighted by molar-refractivity contribution is 5.78. The van der Waals surface area contributed by atoms with Crippen LogP contribution in [-0.2, 0) is 23.3 Å². The van der Waals surface area contributed by atoms with E-state index in [1.165, 1.54) is 15.7 Å². The molecule has 0 unspecified atom stereocenters.